The second kappa shape index (κ2) is 6.79. The van der Waals surface area contributed by atoms with Gasteiger partial charge in [-0.3, -0.25) is 4.98 Å². The van der Waals surface area contributed by atoms with Gasteiger partial charge in [-0.2, -0.15) is 0 Å². The van der Waals surface area contributed by atoms with Crippen LogP contribution in [0, 0.1) is 17.3 Å². The van der Waals surface area contributed by atoms with E-state index in [1.54, 1.807) is 0 Å². The van der Waals surface area contributed by atoms with Crippen molar-refractivity contribution in [3.63, 3.8) is 0 Å². The van der Waals surface area contributed by atoms with Gasteiger partial charge >= 0.3 is 0 Å². The minimum Gasteiger partial charge on any atom is -0.389 e. The number of hydrogen-bond donors (Lipinski definition) is 1. The molecule has 7 atom stereocenters. The zero-order valence-corrected chi connectivity index (χ0v) is 19.9. The van der Waals surface area contributed by atoms with E-state index in [2.05, 4.69) is 55.2 Å². The quantitative estimate of drug-likeness (QED) is 0.580. The summed E-state index contributed by atoms with van der Waals surface area (Å²) in [5, 5.41) is 13.2. The second-order valence-electron chi connectivity index (χ2n) is 11.8. The maximum absolute atomic E-state index is 10.7. The first-order valence-electron chi connectivity index (χ1n) is 13.1. The van der Waals surface area contributed by atoms with E-state index in [4.69, 9.17) is 4.74 Å². The van der Waals surface area contributed by atoms with Gasteiger partial charge in [0.2, 0.25) is 0 Å². The normalized spacial score (nSPS) is 43.5. The van der Waals surface area contributed by atoms with Crippen molar-refractivity contribution in [2.24, 2.45) is 17.3 Å². The molecule has 2 bridgehead atoms. The fourth-order valence-electron chi connectivity index (χ4n) is 8.80. The van der Waals surface area contributed by atoms with Crippen LogP contribution in [0.15, 0.2) is 60.0 Å². The molecule has 2 saturated carbocycles. The molecule has 2 spiro atoms. The smallest absolute Gasteiger partial charge is 0.0946 e. The third kappa shape index (κ3) is 2.61. The highest BCUT2D eigenvalue weighted by Gasteiger charge is 2.67. The van der Waals surface area contributed by atoms with Crippen molar-refractivity contribution in [1.82, 2.24) is 4.98 Å². The maximum Gasteiger partial charge on any atom is 0.0946 e. The Morgan fingerprint density at radius 1 is 1.12 bits per heavy atom. The molecule has 172 valence electrons. The Kier molecular flexibility index (Phi) is 4.20. The number of fused-ring (bicyclic) bond motifs is 2. The van der Waals surface area contributed by atoms with Crippen molar-refractivity contribution in [3.05, 3.63) is 65.5 Å². The van der Waals surface area contributed by atoms with E-state index in [0.29, 0.717) is 17.8 Å². The van der Waals surface area contributed by atoms with Crippen LogP contribution in [0.3, 0.4) is 0 Å². The average molecular weight is 442 g/mol. The largest absolute Gasteiger partial charge is 0.389 e. The molecule has 1 aromatic heterocycles. The van der Waals surface area contributed by atoms with Gasteiger partial charge in [0.25, 0.3) is 0 Å². The van der Waals surface area contributed by atoms with E-state index < -0.39 is 0 Å². The zero-order chi connectivity index (χ0) is 22.4. The molecule has 2 aliphatic heterocycles. The van der Waals surface area contributed by atoms with Crippen LogP contribution in [0.4, 0.5) is 0 Å². The summed E-state index contributed by atoms with van der Waals surface area (Å²) in [6.07, 6.45) is 17.3. The third-order valence-corrected chi connectivity index (χ3v) is 10.5. The topological polar surface area (TPSA) is 42.4 Å². The lowest BCUT2D eigenvalue weighted by atomic mass is 9.56. The number of aromatic nitrogens is 1. The molecule has 2 aromatic rings. The fourth-order valence-corrected chi connectivity index (χ4v) is 8.80. The van der Waals surface area contributed by atoms with Crippen LogP contribution in [0.5, 0.6) is 0 Å². The third-order valence-electron chi connectivity index (χ3n) is 10.5. The van der Waals surface area contributed by atoms with Gasteiger partial charge in [-0.1, -0.05) is 38.5 Å². The number of ether oxygens (including phenoxy) is 1. The number of hydrogen-bond acceptors (Lipinski definition) is 3. The number of rotatable bonds is 2. The van der Waals surface area contributed by atoms with E-state index >= 15 is 0 Å². The first-order chi connectivity index (χ1) is 16.0. The summed E-state index contributed by atoms with van der Waals surface area (Å²) >= 11 is 0. The Hall–Kier alpha value is -1.97. The van der Waals surface area contributed by atoms with Crippen LogP contribution in [0.25, 0.3) is 10.8 Å². The fraction of sp³-hybridized carbons (Fsp3) is 0.567. The lowest BCUT2D eigenvalue weighted by molar-refractivity contribution is -0.148. The molecule has 1 aromatic carbocycles. The van der Waals surface area contributed by atoms with E-state index in [1.165, 1.54) is 46.7 Å². The number of nitrogens with zero attached hydrogens (tertiary/aromatic N) is 1. The van der Waals surface area contributed by atoms with E-state index in [0.717, 1.165) is 32.1 Å². The highest BCUT2D eigenvalue weighted by molar-refractivity contribution is 5.82. The molecular weight excluding hydrogens is 406 g/mol. The molecule has 3 heteroatoms. The molecule has 0 radical (unpaired) electrons. The van der Waals surface area contributed by atoms with Gasteiger partial charge < -0.3 is 9.84 Å². The van der Waals surface area contributed by atoms with Gasteiger partial charge in [0.1, 0.15) is 0 Å². The lowest BCUT2D eigenvalue weighted by Crippen LogP contribution is -2.55. The van der Waals surface area contributed by atoms with Gasteiger partial charge in [-0.15, -0.1) is 0 Å². The highest BCUT2D eigenvalue weighted by Crippen LogP contribution is 2.70. The number of benzene rings is 1. The summed E-state index contributed by atoms with van der Waals surface area (Å²) in [5.41, 5.74) is 4.31. The van der Waals surface area contributed by atoms with Gasteiger partial charge in [0.05, 0.1) is 17.3 Å². The van der Waals surface area contributed by atoms with E-state index in [-0.39, 0.29) is 22.7 Å². The van der Waals surface area contributed by atoms with Crippen LogP contribution in [-0.4, -0.2) is 27.4 Å². The molecule has 1 N–H and O–H groups in total. The summed E-state index contributed by atoms with van der Waals surface area (Å²) in [5.74, 6) is 1.47. The first-order valence-corrected chi connectivity index (χ1v) is 13.1. The van der Waals surface area contributed by atoms with E-state index in [1.807, 2.05) is 12.4 Å². The zero-order valence-electron chi connectivity index (χ0n) is 19.9. The first kappa shape index (κ1) is 20.4. The second-order valence-corrected chi connectivity index (χ2v) is 11.8. The lowest BCUT2D eigenvalue weighted by Gasteiger charge is -2.55. The standard InChI is InChI=1S/C30H35NO2/c1-3-19-17-29-11-12-30(33-29)23(15-24(29)16-26(19)32)8-10-28(2)25(6-7-27(28)30)21-5-4-20-9-13-31-18-22(20)14-21/h4-5,9,13-16,18-19,25-27,32H,3,6-8,10-12,17H2,1-2H3. The van der Waals surface area contributed by atoms with E-state index in [9.17, 15) is 5.11 Å². The molecule has 7 unspecified atom stereocenters. The maximum atomic E-state index is 10.7. The Bertz CT molecular complexity index is 1200. The molecular formula is C30H35NO2. The average Bonchev–Trinajstić information content (AvgIpc) is 3.35. The van der Waals surface area contributed by atoms with Crippen molar-refractivity contribution >= 4 is 10.8 Å². The Labute approximate surface area is 196 Å². The summed E-state index contributed by atoms with van der Waals surface area (Å²) in [6.45, 7) is 4.77. The van der Waals surface area contributed by atoms with Gasteiger partial charge in [-0.25, -0.2) is 0 Å². The number of aliphatic hydroxyl groups excluding tert-OH is 1. The van der Waals surface area contributed by atoms with Crippen molar-refractivity contribution in [2.75, 3.05) is 0 Å². The van der Waals surface area contributed by atoms with Crippen molar-refractivity contribution < 1.29 is 9.84 Å². The summed E-state index contributed by atoms with van der Waals surface area (Å²) in [6, 6.07) is 9.17. The predicted molar refractivity (Wildman–Crippen MR) is 131 cm³/mol. The molecule has 0 amide bonds. The molecule has 1 saturated heterocycles. The highest BCUT2D eigenvalue weighted by atomic mass is 16.5. The van der Waals surface area contributed by atoms with Gasteiger partial charge in [0.15, 0.2) is 0 Å². The number of pyridine rings is 1. The van der Waals surface area contributed by atoms with Crippen molar-refractivity contribution in [3.8, 4) is 0 Å². The minimum atomic E-state index is -0.323. The molecule has 33 heavy (non-hydrogen) atoms. The van der Waals surface area contributed by atoms with Crippen LogP contribution in [0.2, 0.25) is 0 Å². The molecule has 3 nitrogen and oxygen atoms in total. The van der Waals surface area contributed by atoms with Crippen LogP contribution in [0.1, 0.15) is 76.7 Å². The monoisotopic (exact) mass is 441 g/mol. The Morgan fingerprint density at radius 2 is 2.03 bits per heavy atom. The van der Waals surface area contributed by atoms with Crippen LogP contribution in [-0.2, 0) is 4.74 Å². The van der Waals surface area contributed by atoms with Gasteiger partial charge in [-0.05, 0) is 108 Å². The molecule has 3 fully saturated rings. The molecule has 5 aliphatic rings. The molecule has 3 aliphatic carbocycles. The minimum absolute atomic E-state index is 0.0852. The van der Waals surface area contributed by atoms with Crippen LogP contribution < -0.4 is 0 Å². The molecule has 3 heterocycles. The predicted octanol–water partition coefficient (Wildman–Crippen LogP) is 6.47. The molecule has 7 rings (SSSR count). The summed E-state index contributed by atoms with van der Waals surface area (Å²) < 4.78 is 7.34. The number of aliphatic hydroxyl groups is 1. The SMILES string of the molecule is CCC1CC23CCC4(O2)C(=CC3=CC1O)CCC1(C)C(c2ccc3ccncc3c2)CCC41. The van der Waals surface area contributed by atoms with Crippen molar-refractivity contribution in [2.45, 2.75) is 88.4 Å². The Morgan fingerprint density at radius 3 is 2.91 bits per heavy atom. The van der Waals surface area contributed by atoms with Crippen molar-refractivity contribution in [1.29, 1.82) is 0 Å². The van der Waals surface area contributed by atoms with Gasteiger partial charge in [0, 0.05) is 17.8 Å². The summed E-state index contributed by atoms with van der Waals surface area (Å²) in [7, 11) is 0. The van der Waals surface area contributed by atoms with Crippen LogP contribution >= 0.6 is 0 Å². The Balaban J connectivity index is 1.28. The summed E-state index contributed by atoms with van der Waals surface area (Å²) in [4.78, 5) is 4.37.